The molecule has 1 amide bonds. The number of ether oxygens (including phenoxy) is 2. The summed E-state index contributed by atoms with van der Waals surface area (Å²) in [6, 6.07) is 11.4. The van der Waals surface area contributed by atoms with Gasteiger partial charge in [-0.15, -0.1) is 0 Å². The lowest BCUT2D eigenvalue weighted by molar-refractivity contribution is -0.384. The van der Waals surface area contributed by atoms with Crippen LogP contribution in [-0.2, 0) is 9.53 Å². The zero-order valence-corrected chi connectivity index (χ0v) is 14.5. The quantitative estimate of drug-likeness (QED) is 0.470. The average molecular weight is 369 g/mol. The van der Waals surface area contributed by atoms with E-state index in [1.54, 1.807) is 0 Å². The number of nitro groups is 1. The zero-order valence-electron chi connectivity index (χ0n) is 14.5. The largest absolute Gasteiger partial charge is 0.494 e. The Morgan fingerprint density at radius 3 is 2.44 bits per heavy atom. The number of rotatable bonds is 6. The van der Waals surface area contributed by atoms with E-state index in [2.05, 4.69) is 5.32 Å². The first-order chi connectivity index (χ1) is 12.8. The Hall–Kier alpha value is -3.93. The van der Waals surface area contributed by atoms with E-state index in [9.17, 15) is 19.7 Å². The van der Waals surface area contributed by atoms with E-state index in [-0.39, 0.29) is 22.7 Å². The standard InChI is InChI=1S/C18H15N3O6/c1-11(27-18(23)13-5-3-12(10-19)4-6-13)17(22)20-15-8-7-14(21(24)25)9-16(15)26-2/h3-9,11H,1-2H3,(H,20,22)/t11-/m0/s1. The lowest BCUT2D eigenvalue weighted by Gasteiger charge is -2.15. The first-order valence-corrected chi connectivity index (χ1v) is 7.70. The number of carbonyl (C=O) groups excluding carboxylic acids is 2. The molecule has 0 spiro atoms. The Morgan fingerprint density at radius 1 is 1.22 bits per heavy atom. The molecule has 0 aromatic heterocycles. The van der Waals surface area contributed by atoms with Gasteiger partial charge < -0.3 is 14.8 Å². The van der Waals surface area contributed by atoms with E-state index in [0.29, 0.717) is 5.56 Å². The van der Waals surface area contributed by atoms with E-state index in [1.807, 2.05) is 6.07 Å². The molecule has 2 aromatic rings. The minimum Gasteiger partial charge on any atom is -0.494 e. The second-order valence-corrected chi connectivity index (χ2v) is 5.37. The molecule has 0 aliphatic heterocycles. The maximum Gasteiger partial charge on any atom is 0.338 e. The fraction of sp³-hybridized carbons (Fsp3) is 0.167. The summed E-state index contributed by atoms with van der Waals surface area (Å²) in [6.07, 6.45) is -1.13. The van der Waals surface area contributed by atoms with E-state index < -0.39 is 22.9 Å². The zero-order chi connectivity index (χ0) is 20.0. The molecule has 2 aromatic carbocycles. The lowest BCUT2D eigenvalue weighted by atomic mass is 10.1. The smallest absolute Gasteiger partial charge is 0.338 e. The van der Waals surface area contributed by atoms with Gasteiger partial charge in [0, 0.05) is 6.07 Å². The maximum atomic E-state index is 12.2. The Labute approximate surface area is 154 Å². The predicted octanol–water partition coefficient (Wildman–Crippen LogP) is 2.66. The van der Waals surface area contributed by atoms with Gasteiger partial charge >= 0.3 is 5.97 Å². The van der Waals surface area contributed by atoms with Crippen LogP contribution in [0.2, 0.25) is 0 Å². The maximum absolute atomic E-state index is 12.2. The van der Waals surface area contributed by atoms with Crippen LogP contribution in [0.5, 0.6) is 5.75 Å². The van der Waals surface area contributed by atoms with Crippen molar-refractivity contribution >= 4 is 23.3 Å². The second-order valence-electron chi connectivity index (χ2n) is 5.37. The summed E-state index contributed by atoms with van der Waals surface area (Å²) in [4.78, 5) is 34.5. The van der Waals surface area contributed by atoms with Gasteiger partial charge in [-0.05, 0) is 37.3 Å². The summed E-state index contributed by atoms with van der Waals surface area (Å²) in [7, 11) is 1.31. The minimum absolute atomic E-state index is 0.100. The molecule has 0 bridgehead atoms. The number of hydrogen-bond acceptors (Lipinski definition) is 7. The molecular formula is C18H15N3O6. The van der Waals surface area contributed by atoms with Crippen molar-refractivity contribution in [3.63, 3.8) is 0 Å². The normalized spacial score (nSPS) is 11.0. The van der Waals surface area contributed by atoms with Crippen molar-refractivity contribution in [2.45, 2.75) is 13.0 Å². The predicted molar refractivity (Wildman–Crippen MR) is 94.3 cm³/mol. The average Bonchev–Trinajstić information content (AvgIpc) is 2.67. The third-order valence-electron chi connectivity index (χ3n) is 3.56. The Morgan fingerprint density at radius 2 is 1.89 bits per heavy atom. The van der Waals surface area contributed by atoms with Crippen molar-refractivity contribution < 1.29 is 24.0 Å². The van der Waals surface area contributed by atoms with E-state index in [1.165, 1.54) is 56.5 Å². The number of nitriles is 1. The first kappa shape index (κ1) is 19.4. The second kappa shape index (κ2) is 8.44. The SMILES string of the molecule is COc1cc([N+](=O)[O-])ccc1NC(=O)[C@H](C)OC(=O)c1ccc(C#N)cc1. The molecule has 138 valence electrons. The number of nitrogens with one attached hydrogen (secondary N) is 1. The van der Waals surface area contributed by atoms with Gasteiger partial charge in [-0.3, -0.25) is 14.9 Å². The molecule has 9 heteroatoms. The number of anilines is 1. The molecule has 1 atom stereocenters. The Bertz CT molecular complexity index is 918. The highest BCUT2D eigenvalue weighted by atomic mass is 16.6. The van der Waals surface area contributed by atoms with Gasteiger partial charge in [0.25, 0.3) is 11.6 Å². The van der Waals surface area contributed by atoms with Gasteiger partial charge in [0.1, 0.15) is 5.75 Å². The first-order valence-electron chi connectivity index (χ1n) is 7.70. The van der Waals surface area contributed by atoms with Crippen LogP contribution in [0.3, 0.4) is 0 Å². The molecule has 0 saturated carbocycles. The molecule has 0 fully saturated rings. The summed E-state index contributed by atoms with van der Waals surface area (Å²) in [6.45, 7) is 1.38. The number of esters is 1. The lowest BCUT2D eigenvalue weighted by Crippen LogP contribution is -2.30. The van der Waals surface area contributed by atoms with Gasteiger partial charge in [0.15, 0.2) is 6.10 Å². The van der Waals surface area contributed by atoms with Crippen LogP contribution in [0.1, 0.15) is 22.8 Å². The Balaban J connectivity index is 2.05. The topological polar surface area (TPSA) is 132 Å². The third kappa shape index (κ3) is 4.79. The van der Waals surface area contributed by atoms with Crippen LogP contribution >= 0.6 is 0 Å². The van der Waals surface area contributed by atoms with Crippen LogP contribution in [0.4, 0.5) is 11.4 Å². The molecule has 0 aliphatic carbocycles. The van der Waals surface area contributed by atoms with Gasteiger partial charge in [-0.2, -0.15) is 5.26 Å². The molecule has 1 N–H and O–H groups in total. The number of nitro benzene ring substituents is 1. The van der Waals surface area contributed by atoms with E-state index >= 15 is 0 Å². The van der Waals surface area contributed by atoms with Crippen LogP contribution in [0, 0.1) is 21.4 Å². The highest BCUT2D eigenvalue weighted by molar-refractivity contribution is 5.98. The summed E-state index contributed by atoms with van der Waals surface area (Å²) >= 11 is 0. The van der Waals surface area contributed by atoms with Gasteiger partial charge in [-0.1, -0.05) is 0 Å². The van der Waals surface area contributed by atoms with Gasteiger partial charge in [0.05, 0.1) is 41.0 Å². The van der Waals surface area contributed by atoms with Crippen LogP contribution < -0.4 is 10.1 Å². The summed E-state index contributed by atoms with van der Waals surface area (Å²) < 4.78 is 10.1. The Kier molecular flexibility index (Phi) is 6.06. The molecule has 27 heavy (non-hydrogen) atoms. The van der Waals surface area contributed by atoms with Crippen molar-refractivity contribution in [2.24, 2.45) is 0 Å². The van der Waals surface area contributed by atoms with E-state index in [4.69, 9.17) is 14.7 Å². The molecule has 0 unspecified atom stereocenters. The molecule has 0 radical (unpaired) electrons. The van der Waals surface area contributed by atoms with Crippen molar-refractivity contribution in [3.8, 4) is 11.8 Å². The summed E-state index contributed by atoms with van der Waals surface area (Å²) in [5, 5.41) is 22.0. The number of amides is 1. The van der Waals surface area contributed by atoms with Crippen molar-refractivity contribution in [3.05, 3.63) is 63.7 Å². The molecular weight excluding hydrogens is 354 g/mol. The molecule has 0 aliphatic rings. The molecule has 0 heterocycles. The third-order valence-corrected chi connectivity index (χ3v) is 3.56. The molecule has 2 rings (SSSR count). The van der Waals surface area contributed by atoms with Crippen molar-refractivity contribution in [2.75, 3.05) is 12.4 Å². The number of methoxy groups -OCH3 is 1. The van der Waals surface area contributed by atoms with Crippen LogP contribution in [0.15, 0.2) is 42.5 Å². The molecule has 9 nitrogen and oxygen atoms in total. The summed E-state index contributed by atoms with van der Waals surface area (Å²) in [5.74, 6) is -1.26. The van der Waals surface area contributed by atoms with Crippen molar-refractivity contribution in [1.29, 1.82) is 5.26 Å². The fourth-order valence-corrected chi connectivity index (χ4v) is 2.09. The fourth-order valence-electron chi connectivity index (χ4n) is 2.09. The number of nitrogens with zero attached hydrogens (tertiary/aromatic N) is 2. The highest BCUT2D eigenvalue weighted by Gasteiger charge is 2.21. The van der Waals surface area contributed by atoms with E-state index in [0.717, 1.165) is 0 Å². The number of benzene rings is 2. The number of non-ortho nitro benzene ring substituents is 1. The number of hydrogen-bond donors (Lipinski definition) is 1. The monoisotopic (exact) mass is 369 g/mol. The molecule has 0 saturated heterocycles. The van der Waals surface area contributed by atoms with Crippen LogP contribution in [-0.4, -0.2) is 30.0 Å². The number of carbonyl (C=O) groups is 2. The van der Waals surface area contributed by atoms with Gasteiger partial charge in [0.2, 0.25) is 0 Å². The van der Waals surface area contributed by atoms with Crippen molar-refractivity contribution in [1.82, 2.24) is 0 Å². The highest BCUT2D eigenvalue weighted by Crippen LogP contribution is 2.29. The van der Waals surface area contributed by atoms with Gasteiger partial charge in [-0.25, -0.2) is 4.79 Å². The summed E-state index contributed by atoms with van der Waals surface area (Å²) in [5.41, 5.74) is 0.601. The minimum atomic E-state index is -1.13. The van der Waals surface area contributed by atoms with Crippen LogP contribution in [0.25, 0.3) is 0 Å².